The molecule has 2 amide bonds. The highest BCUT2D eigenvalue weighted by atomic mass is 32.2. The molecule has 0 saturated heterocycles. The maximum Gasteiger partial charge on any atom is 0.243 e. The van der Waals surface area contributed by atoms with E-state index in [-0.39, 0.29) is 50.6 Å². The van der Waals surface area contributed by atoms with Gasteiger partial charge in [-0.1, -0.05) is 26.0 Å². The number of hydrogen-bond acceptors (Lipinski definition) is 7. The Balaban J connectivity index is 1.78. The minimum Gasteiger partial charge on any atom is -0.497 e. The molecule has 11 heteroatoms. The van der Waals surface area contributed by atoms with Crippen molar-refractivity contribution in [1.82, 2.24) is 10.2 Å². The summed E-state index contributed by atoms with van der Waals surface area (Å²) in [5.41, 5.74) is 1.26. The first-order valence-electron chi connectivity index (χ1n) is 13.2. The Labute approximate surface area is 231 Å². The Morgan fingerprint density at radius 1 is 1.08 bits per heavy atom. The number of nitrogens with one attached hydrogen (secondary N) is 1. The van der Waals surface area contributed by atoms with Crippen LogP contribution in [-0.2, 0) is 26.2 Å². The number of methoxy groups -OCH3 is 1. The molecule has 0 aromatic heterocycles. The first-order valence-corrected chi connectivity index (χ1v) is 15.0. The minimum absolute atomic E-state index is 0.0228. The van der Waals surface area contributed by atoms with Crippen molar-refractivity contribution < 1.29 is 32.2 Å². The van der Waals surface area contributed by atoms with Crippen molar-refractivity contribution in [2.24, 2.45) is 0 Å². The van der Waals surface area contributed by atoms with Gasteiger partial charge in [-0.2, -0.15) is 0 Å². The molecule has 214 valence electrons. The Kier molecular flexibility index (Phi) is 10.4. The molecule has 1 N–H and O–H groups in total. The average molecular weight is 562 g/mol. The second kappa shape index (κ2) is 13.5. The molecule has 2 atom stereocenters. The first-order chi connectivity index (χ1) is 18.6. The van der Waals surface area contributed by atoms with Crippen molar-refractivity contribution in [1.29, 1.82) is 0 Å². The molecule has 1 aliphatic rings. The Morgan fingerprint density at radius 2 is 1.82 bits per heavy atom. The van der Waals surface area contributed by atoms with Gasteiger partial charge >= 0.3 is 0 Å². The van der Waals surface area contributed by atoms with Gasteiger partial charge in [0.15, 0.2) is 11.5 Å². The van der Waals surface area contributed by atoms with Crippen LogP contribution in [0.25, 0.3) is 0 Å². The maximum absolute atomic E-state index is 13.6. The molecule has 39 heavy (non-hydrogen) atoms. The molecule has 0 aliphatic carbocycles. The highest BCUT2D eigenvalue weighted by Crippen LogP contribution is 2.36. The zero-order valence-electron chi connectivity index (χ0n) is 23.3. The van der Waals surface area contributed by atoms with Crippen LogP contribution in [0.1, 0.15) is 52.0 Å². The summed E-state index contributed by atoms with van der Waals surface area (Å²) in [6, 6.07) is 11.6. The van der Waals surface area contributed by atoms with E-state index in [1.165, 1.54) is 4.31 Å². The van der Waals surface area contributed by atoms with Gasteiger partial charge in [-0.05, 0) is 56.0 Å². The lowest BCUT2D eigenvalue weighted by molar-refractivity contribution is -0.141. The van der Waals surface area contributed by atoms with Crippen molar-refractivity contribution in [2.45, 2.75) is 65.1 Å². The number of ether oxygens (including phenoxy) is 3. The summed E-state index contributed by atoms with van der Waals surface area (Å²) in [7, 11) is -2.05. The number of benzene rings is 2. The second-order valence-corrected chi connectivity index (χ2v) is 11.5. The number of carbonyl (C=O) groups excluding carboxylic acids is 2. The van der Waals surface area contributed by atoms with Crippen LogP contribution in [-0.4, -0.2) is 63.9 Å². The summed E-state index contributed by atoms with van der Waals surface area (Å²) in [4.78, 5) is 28.3. The number of rotatable bonds is 14. The van der Waals surface area contributed by atoms with Crippen LogP contribution in [0.3, 0.4) is 0 Å². The number of fused-ring (bicyclic) bond motifs is 1. The standard InChI is InChI=1S/C28H39N3O7S/c1-6-20(3)29-28(33)24(7-2)30(18-21-10-8-11-23(16-21)36-4)27(32)12-9-15-31(39(5,34)35)22-13-14-25-26(17-22)38-19-37-25/h8,10-11,13-14,16-17,20,24H,6-7,9,12,15,18-19H2,1-5H3,(H,29,33)/t20-,24-/m0/s1. The molecule has 1 heterocycles. The van der Waals surface area contributed by atoms with E-state index in [1.807, 2.05) is 45.0 Å². The lowest BCUT2D eigenvalue weighted by Gasteiger charge is -2.32. The lowest BCUT2D eigenvalue weighted by atomic mass is 10.1. The number of hydrogen-bond donors (Lipinski definition) is 1. The summed E-state index contributed by atoms with van der Waals surface area (Å²) in [6.45, 7) is 6.18. The summed E-state index contributed by atoms with van der Waals surface area (Å²) in [6.07, 6.45) is 2.66. The van der Waals surface area contributed by atoms with Gasteiger partial charge in [0.25, 0.3) is 0 Å². The van der Waals surface area contributed by atoms with E-state index >= 15 is 0 Å². The number of carbonyl (C=O) groups is 2. The van der Waals surface area contributed by atoms with Gasteiger partial charge in [0.2, 0.25) is 28.6 Å². The smallest absolute Gasteiger partial charge is 0.243 e. The number of anilines is 1. The Morgan fingerprint density at radius 3 is 2.49 bits per heavy atom. The number of nitrogens with zero attached hydrogens (tertiary/aromatic N) is 2. The minimum atomic E-state index is -3.63. The van der Waals surface area contributed by atoms with Crippen molar-refractivity contribution in [2.75, 3.05) is 31.0 Å². The first kappa shape index (κ1) is 30.1. The Hall–Kier alpha value is -3.47. The predicted octanol–water partition coefficient (Wildman–Crippen LogP) is 3.69. The van der Waals surface area contributed by atoms with Crippen LogP contribution < -0.4 is 23.8 Å². The van der Waals surface area contributed by atoms with Gasteiger partial charge in [-0.3, -0.25) is 13.9 Å². The molecular weight excluding hydrogens is 522 g/mol. The second-order valence-electron chi connectivity index (χ2n) is 9.59. The van der Waals surface area contributed by atoms with Crippen molar-refractivity contribution in [3.05, 3.63) is 48.0 Å². The summed E-state index contributed by atoms with van der Waals surface area (Å²) < 4.78 is 42.5. The quantitative estimate of drug-likeness (QED) is 0.374. The molecule has 3 rings (SSSR count). The largest absolute Gasteiger partial charge is 0.497 e. The molecular formula is C28H39N3O7S. The van der Waals surface area contributed by atoms with E-state index in [4.69, 9.17) is 14.2 Å². The van der Waals surface area contributed by atoms with Gasteiger partial charge < -0.3 is 24.4 Å². The highest BCUT2D eigenvalue weighted by molar-refractivity contribution is 7.92. The average Bonchev–Trinajstić information content (AvgIpc) is 3.38. The van der Waals surface area contributed by atoms with Crippen molar-refractivity contribution in [3.8, 4) is 17.2 Å². The number of sulfonamides is 1. The molecule has 0 fully saturated rings. The fraction of sp³-hybridized carbons (Fsp3) is 0.500. The Bertz CT molecular complexity index is 1250. The normalized spacial score (nSPS) is 13.9. The maximum atomic E-state index is 13.6. The molecule has 0 bridgehead atoms. The van der Waals surface area contributed by atoms with Crippen LogP contribution >= 0.6 is 0 Å². The van der Waals surface area contributed by atoms with Gasteiger partial charge in [0, 0.05) is 31.6 Å². The van der Waals surface area contributed by atoms with Crippen LogP contribution in [0.4, 0.5) is 5.69 Å². The summed E-state index contributed by atoms with van der Waals surface area (Å²) in [5.74, 6) is 1.24. The van der Waals surface area contributed by atoms with Crippen molar-refractivity contribution in [3.63, 3.8) is 0 Å². The zero-order valence-corrected chi connectivity index (χ0v) is 24.1. The fourth-order valence-corrected chi connectivity index (χ4v) is 5.33. The SMILES string of the molecule is CC[C@H](C)NC(=O)[C@H](CC)N(Cc1cccc(OC)c1)C(=O)CCCN(c1ccc2c(c1)OCO2)S(C)(=O)=O. The third-order valence-electron chi connectivity index (χ3n) is 6.67. The topological polar surface area (TPSA) is 114 Å². The highest BCUT2D eigenvalue weighted by Gasteiger charge is 2.29. The van der Waals surface area contributed by atoms with Crippen LogP contribution in [0.15, 0.2) is 42.5 Å². The third kappa shape index (κ3) is 8.01. The molecule has 0 unspecified atom stereocenters. The zero-order chi connectivity index (χ0) is 28.6. The fourth-order valence-electron chi connectivity index (χ4n) is 4.37. The van der Waals surface area contributed by atoms with Gasteiger partial charge in [0.05, 0.1) is 19.1 Å². The summed E-state index contributed by atoms with van der Waals surface area (Å²) in [5, 5.41) is 2.99. The monoisotopic (exact) mass is 561 g/mol. The van der Waals surface area contributed by atoms with E-state index in [0.29, 0.717) is 29.4 Å². The van der Waals surface area contributed by atoms with E-state index in [0.717, 1.165) is 18.2 Å². The van der Waals surface area contributed by atoms with Gasteiger partial charge in [-0.15, -0.1) is 0 Å². The lowest BCUT2D eigenvalue weighted by Crippen LogP contribution is -2.50. The molecule has 0 radical (unpaired) electrons. The molecule has 0 spiro atoms. The van der Waals surface area contributed by atoms with E-state index in [1.54, 1.807) is 30.2 Å². The molecule has 0 saturated carbocycles. The summed E-state index contributed by atoms with van der Waals surface area (Å²) >= 11 is 0. The van der Waals surface area contributed by atoms with Crippen LogP contribution in [0, 0.1) is 0 Å². The molecule has 1 aliphatic heterocycles. The van der Waals surface area contributed by atoms with E-state index < -0.39 is 16.1 Å². The van der Waals surface area contributed by atoms with Crippen LogP contribution in [0.2, 0.25) is 0 Å². The van der Waals surface area contributed by atoms with Gasteiger partial charge in [0.1, 0.15) is 11.8 Å². The van der Waals surface area contributed by atoms with E-state index in [9.17, 15) is 18.0 Å². The van der Waals surface area contributed by atoms with Crippen LogP contribution in [0.5, 0.6) is 17.2 Å². The van der Waals surface area contributed by atoms with Crippen molar-refractivity contribution >= 4 is 27.5 Å². The molecule has 10 nitrogen and oxygen atoms in total. The van der Waals surface area contributed by atoms with Gasteiger partial charge in [-0.25, -0.2) is 8.42 Å². The molecule has 2 aromatic rings. The predicted molar refractivity (Wildman–Crippen MR) is 150 cm³/mol. The number of amides is 2. The molecule has 2 aromatic carbocycles. The van der Waals surface area contributed by atoms with E-state index in [2.05, 4.69) is 5.32 Å². The third-order valence-corrected chi connectivity index (χ3v) is 7.86.